The highest BCUT2D eigenvalue weighted by atomic mass is 16.5. The number of carbonyl (C=O) groups is 4. The third-order valence-corrected chi connectivity index (χ3v) is 9.52. The Bertz CT molecular complexity index is 1920. The third-order valence-electron chi connectivity index (χ3n) is 9.52. The van der Waals surface area contributed by atoms with Crippen LogP contribution in [0.5, 0.6) is 0 Å². The van der Waals surface area contributed by atoms with E-state index in [1.165, 1.54) is 28.2 Å². The van der Waals surface area contributed by atoms with Gasteiger partial charge >= 0.3 is 5.97 Å². The number of esters is 1. The molecule has 8 nitrogen and oxygen atoms in total. The van der Waals surface area contributed by atoms with Gasteiger partial charge in [-0.3, -0.25) is 24.2 Å². The zero-order valence-corrected chi connectivity index (χ0v) is 27.6. The lowest BCUT2D eigenvalue weighted by molar-refractivity contribution is -0.123. The number of imide groups is 1. The van der Waals surface area contributed by atoms with Gasteiger partial charge in [-0.25, -0.2) is 9.69 Å². The van der Waals surface area contributed by atoms with Crippen LogP contribution in [0.4, 0.5) is 5.69 Å². The van der Waals surface area contributed by atoms with E-state index >= 15 is 0 Å². The standard InChI is InChI=1S/C42H37N3O5/c46-38(32-18-16-31(17-19-32)30-10-4-1-5-11-30)29-50-42(49)35-20-22-36(23-21-35)45-39(47)28-37(41(45)48)43-24-26-44(27-25-43)40(33-12-6-2-7-13-33)34-14-8-3-9-15-34/h1-23,37,40H,24-29H2. The Hall–Kier alpha value is -5.70. The summed E-state index contributed by atoms with van der Waals surface area (Å²) in [6.07, 6.45) is 0.109. The summed E-state index contributed by atoms with van der Waals surface area (Å²) < 4.78 is 5.30. The fraction of sp³-hybridized carbons (Fsp3) is 0.190. The van der Waals surface area contributed by atoms with Crippen molar-refractivity contribution in [2.45, 2.75) is 18.5 Å². The van der Waals surface area contributed by atoms with Gasteiger partial charge in [0.15, 0.2) is 12.4 Å². The Morgan fingerprint density at radius 1 is 0.620 bits per heavy atom. The topological polar surface area (TPSA) is 87.2 Å². The summed E-state index contributed by atoms with van der Waals surface area (Å²) in [7, 11) is 0. The molecule has 2 heterocycles. The number of amides is 2. The SMILES string of the molecule is O=C(COC(=O)c1ccc(N2C(=O)CC(N3CCN(C(c4ccccc4)c4ccccc4)CC3)C2=O)cc1)c1ccc(-c2ccccc2)cc1. The van der Waals surface area contributed by atoms with Crippen LogP contribution >= 0.6 is 0 Å². The summed E-state index contributed by atoms with van der Waals surface area (Å²) in [5.41, 5.74) is 5.54. The molecule has 0 saturated carbocycles. The van der Waals surface area contributed by atoms with E-state index in [0.29, 0.717) is 24.3 Å². The van der Waals surface area contributed by atoms with Crippen molar-refractivity contribution in [3.63, 3.8) is 0 Å². The van der Waals surface area contributed by atoms with E-state index in [2.05, 4.69) is 58.3 Å². The second kappa shape index (κ2) is 14.8. The molecule has 0 bridgehead atoms. The van der Waals surface area contributed by atoms with Crippen LogP contribution in [-0.4, -0.2) is 72.2 Å². The number of ether oxygens (including phenoxy) is 1. The third kappa shape index (κ3) is 7.03. The first kappa shape index (κ1) is 32.8. The maximum atomic E-state index is 13.6. The van der Waals surface area contributed by atoms with Crippen LogP contribution in [0.25, 0.3) is 11.1 Å². The summed E-state index contributed by atoms with van der Waals surface area (Å²) in [6, 6.07) is 43.6. The van der Waals surface area contributed by atoms with Gasteiger partial charge in [-0.15, -0.1) is 0 Å². The van der Waals surface area contributed by atoms with Crippen LogP contribution in [0.1, 0.15) is 44.3 Å². The molecular weight excluding hydrogens is 626 g/mol. The Morgan fingerprint density at radius 2 is 1.14 bits per heavy atom. The molecule has 2 amide bonds. The van der Waals surface area contributed by atoms with E-state index in [1.807, 2.05) is 54.6 Å². The van der Waals surface area contributed by atoms with Crippen molar-refractivity contribution in [1.29, 1.82) is 0 Å². The molecule has 0 aromatic heterocycles. The van der Waals surface area contributed by atoms with Crippen molar-refractivity contribution in [3.05, 3.63) is 162 Å². The summed E-state index contributed by atoms with van der Waals surface area (Å²) in [6.45, 7) is 2.43. The van der Waals surface area contributed by atoms with Crippen molar-refractivity contribution in [2.75, 3.05) is 37.7 Å². The van der Waals surface area contributed by atoms with E-state index in [4.69, 9.17) is 4.74 Å². The van der Waals surface area contributed by atoms with Gasteiger partial charge in [0.2, 0.25) is 5.91 Å². The highest BCUT2D eigenvalue weighted by Gasteiger charge is 2.44. The average molecular weight is 664 g/mol. The molecule has 50 heavy (non-hydrogen) atoms. The van der Waals surface area contributed by atoms with E-state index in [1.54, 1.807) is 24.3 Å². The van der Waals surface area contributed by atoms with Gasteiger partial charge in [-0.2, -0.15) is 0 Å². The maximum absolute atomic E-state index is 13.6. The molecule has 250 valence electrons. The van der Waals surface area contributed by atoms with Crippen molar-refractivity contribution in [3.8, 4) is 11.1 Å². The molecule has 1 atom stereocenters. The molecule has 2 aliphatic heterocycles. The summed E-state index contributed by atoms with van der Waals surface area (Å²) in [5, 5.41) is 0. The zero-order chi connectivity index (χ0) is 34.5. The summed E-state index contributed by atoms with van der Waals surface area (Å²) in [4.78, 5) is 58.0. The number of benzene rings is 5. The predicted molar refractivity (Wildman–Crippen MR) is 192 cm³/mol. The highest BCUT2D eigenvalue weighted by molar-refractivity contribution is 6.22. The fourth-order valence-corrected chi connectivity index (χ4v) is 6.89. The Labute approximate surface area is 291 Å². The van der Waals surface area contributed by atoms with Crippen molar-refractivity contribution >= 4 is 29.3 Å². The van der Waals surface area contributed by atoms with E-state index in [-0.39, 0.29) is 35.6 Å². The number of hydrogen-bond donors (Lipinski definition) is 0. The molecule has 7 rings (SSSR count). The lowest BCUT2D eigenvalue weighted by atomic mass is 9.96. The number of carbonyl (C=O) groups excluding carboxylic acids is 4. The minimum atomic E-state index is -0.662. The lowest BCUT2D eigenvalue weighted by Crippen LogP contribution is -2.53. The Balaban J connectivity index is 0.941. The number of Topliss-reactive ketones (excluding diaryl/α,β-unsaturated/α-hetero) is 1. The van der Waals surface area contributed by atoms with Gasteiger partial charge in [0.05, 0.1) is 29.8 Å². The summed E-state index contributed by atoms with van der Waals surface area (Å²) >= 11 is 0. The van der Waals surface area contributed by atoms with Gasteiger partial charge in [0.1, 0.15) is 0 Å². The van der Waals surface area contributed by atoms with E-state index < -0.39 is 18.6 Å². The molecule has 5 aromatic rings. The number of hydrogen-bond acceptors (Lipinski definition) is 7. The van der Waals surface area contributed by atoms with E-state index in [0.717, 1.165) is 24.2 Å². The molecule has 0 radical (unpaired) electrons. The Kier molecular flexibility index (Phi) is 9.73. The normalized spacial score (nSPS) is 16.9. The lowest BCUT2D eigenvalue weighted by Gasteiger charge is -2.41. The molecule has 1 unspecified atom stereocenters. The van der Waals surface area contributed by atoms with Crippen LogP contribution in [0.15, 0.2) is 140 Å². The average Bonchev–Trinajstić information content (AvgIpc) is 3.48. The predicted octanol–water partition coefficient (Wildman–Crippen LogP) is 6.43. The largest absolute Gasteiger partial charge is 0.454 e. The first-order valence-electron chi connectivity index (χ1n) is 16.9. The molecule has 2 saturated heterocycles. The molecule has 5 aromatic carbocycles. The van der Waals surface area contributed by atoms with Crippen LogP contribution in [0.3, 0.4) is 0 Å². The van der Waals surface area contributed by atoms with Crippen molar-refractivity contribution < 1.29 is 23.9 Å². The first-order valence-corrected chi connectivity index (χ1v) is 16.9. The number of piperazine rings is 1. The quantitative estimate of drug-likeness (QED) is 0.0967. The van der Waals surface area contributed by atoms with Crippen molar-refractivity contribution in [2.24, 2.45) is 0 Å². The minimum Gasteiger partial charge on any atom is -0.454 e. The molecule has 2 aliphatic rings. The van der Waals surface area contributed by atoms with Gasteiger partial charge < -0.3 is 4.74 Å². The van der Waals surface area contributed by atoms with Gasteiger partial charge in [0, 0.05) is 31.7 Å². The fourth-order valence-electron chi connectivity index (χ4n) is 6.89. The monoisotopic (exact) mass is 663 g/mol. The van der Waals surface area contributed by atoms with Gasteiger partial charge in [-0.1, -0.05) is 115 Å². The van der Waals surface area contributed by atoms with Crippen LogP contribution < -0.4 is 4.90 Å². The van der Waals surface area contributed by atoms with Crippen LogP contribution in [0.2, 0.25) is 0 Å². The summed E-state index contributed by atoms with van der Waals surface area (Å²) in [5.74, 6) is -1.51. The first-order chi connectivity index (χ1) is 24.5. The number of rotatable bonds is 10. The smallest absolute Gasteiger partial charge is 0.338 e. The second-order valence-electron chi connectivity index (χ2n) is 12.6. The van der Waals surface area contributed by atoms with Gasteiger partial charge in [-0.05, 0) is 46.5 Å². The second-order valence-corrected chi connectivity index (χ2v) is 12.6. The van der Waals surface area contributed by atoms with Crippen LogP contribution in [0, 0.1) is 0 Å². The molecular formula is C42H37N3O5. The zero-order valence-electron chi connectivity index (χ0n) is 27.6. The molecule has 0 aliphatic carbocycles. The minimum absolute atomic E-state index is 0.103. The Morgan fingerprint density at radius 3 is 1.72 bits per heavy atom. The maximum Gasteiger partial charge on any atom is 0.338 e. The van der Waals surface area contributed by atoms with Crippen LogP contribution in [-0.2, 0) is 14.3 Å². The van der Waals surface area contributed by atoms with Gasteiger partial charge in [0.25, 0.3) is 5.91 Å². The van der Waals surface area contributed by atoms with Crippen molar-refractivity contribution in [1.82, 2.24) is 9.80 Å². The number of anilines is 1. The molecule has 8 heteroatoms. The molecule has 0 spiro atoms. The number of ketones is 1. The molecule has 0 N–H and O–H groups in total. The number of nitrogens with zero attached hydrogens (tertiary/aromatic N) is 3. The van der Waals surface area contributed by atoms with E-state index in [9.17, 15) is 19.2 Å². The highest BCUT2D eigenvalue weighted by Crippen LogP contribution is 2.32. The molecule has 2 fully saturated rings.